The molecule has 0 amide bonds. The molecule has 0 atom stereocenters. The van der Waals surface area contributed by atoms with Gasteiger partial charge in [-0.25, -0.2) is 14.6 Å². The largest absolute Gasteiger partial charge is 0.461 e. The molecule has 1 rings (SSSR count). The Bertz CT molecular complexity index is 662. The van der Waals surface area contributed by atoms with Crippen LogP contribution in [0.4, 0.5) is 0 Å². The summed E-state index contributed by atoms with van der Waals surface area (Å²) < 4.78 is 10.7. The number of carbonyl (C=O) groups is 2. The van der Waals surface area contributed by atoms with Crippen LogP contribution in [0.2, 0.25) is 0 Å². The molecule has 0 aliphatic rings. The van der Waals surface area contributed by atoms with E-state index in [1.807, 2.05) is 0 Å². The van der Waals surface area contributed by atoms with Gasteiger partial charge in [-0.3, -0.25) is 0 Å². The van der Waals surface area contributed by atoms with Crippen molar-refractivity contribution < 1.29 is 19.1 Å². The van der Waals surface area contributed by atoms with E-state index in [0.29, 0.717) is 13.2 Å². The fourth-order valence-electron chi connectivity index (χ4n) is 4.14. The minimum absolute atomic E-state index is 0.160. The fourth-order valence-corrected chi connectivity index (χ4v) is 4.14. The first-order valence-electron chi connectivity index (χ1n) is 14.5. The van der Waals surface area contributed by atoms with Gasteiger partial charge in [-0.05, 0) is 25.0 Å². The number of nitrogens with zero attached hydrogens (tertiary/aromatic N) is 1. The van der Waals surface area contributed by atoms with Crippen LogP contribution in [0.1, 0.15) is 157 Å². The zero-order chi connectivity index (χ0) is 25.4. The first-order valence-corrected chi connectivity index (χ1v) is 14.5. The van der Waals surface area contributed by atoms with Crippen molar-refractivity contribution in [3.8, 4) is 0 Å². The zero-order valence-electron chi connectivity index (χ0n) is 22.7. The second-order valence-electron chi connectivity index (χ2n) is 9.69. The van der Waals surface area contributed by atoms with Crippen molar-refractivity contribution >= 4 is 11.9 Å². The van der Waals surface area contributed by atoms with E-state index in [2.05, 4.69) is 18.8 Å². The molecule has 35 heavy (non-hydrogen) atoms. The van der Waals surface area contributed by atoms with E-state index in [0.717, 1.165) is 25.7 Å². The van der Waals surface area contributed by atoms with Crippen molar-refractivity contribution in [3.63, 3.8) is 0 Å². The Labute approximate surface area is 214 Å². The van der Waals surface area contributed by atoms with Crippen LogP contribution in [-0.2, 0) is 9.47 Å². The van der Waals surface area contributed by atoms with Gasteiger partial charge < -0.3 is 9.47 Å². The molecule has 0 N–H and O–H groups in total. The number of rotatable bonds is 23. The second-order valence-corrected chi connectivity index (χ2v) is 9.69. The van der Waals surface area contributed by atoms with Crippen LogP contribution in [0.3, 0.4) is 0 Å². The summed E-state index contributed by atoms with van der Waals surface area (Å²) in [5.74, 6) is -0.957. The van der Waals surface area contributed by atoms with Crippen molar-refractivity contribution in [2.24, 2.45) is 0 Å². The van der Waals surface area contributed by atoms with Gasteiger partial charge in [-0.15, -0.1) is 0 Å². The summed E-state index contributed by atoms with van der Waals surface area (Å²) >= 11 is 0. The van der Waals surface area contributed by atoms with Crippen molar-refractivity contribution in [2.75, 3.05) is 13.2 Å². The lowest BCUT2D eigenvalue weighted by Gasteiger charge is -2.07. The zero-order valence-corrected chi connectivity index (χ0v) is 22.7. The van der Waals surface area contributed by atoms with Gasteiger partial charge in [0.1, 0.15) is 11.4 Å². The van der Waals surface area contributed by atoms with Crippen molar-refractivity contribution in [2.45, 2.75) is 136 Å². The van der Waals surface area contributed by atoms with E-state index in [1.165, 1.54) is 96.3 Å². The highest BCUT2D eigenvalue weighted by Crippen LogP contribution is 2.12. The predicted molar refractivity (Wildman–Crippen MR) is 144 cm³/mol. The Kier molecular flexibility index (Phi) is 20.0. The molecule has 0 aliphatic carbocycles. The Morgan fingerprint density at radius 3 is 1.20 bits per heavy atom. The van der Waals surface area contributed by atoms with E-state index in [1.54, 1.807) is 18.2 Å². The number of ether oxygens (including phenoxy) is 2. The van der Waals surface area contributed by atoms with Crippen LogP contribution in [0.25, 0.3) is 0 Å². The SMILES string of the molecule is CCCCCCCCCCCCCCOC(=O)c1cccc(C(=O)OCCCCCCCCC)n1. The minimum Gasteiger partial charge on any atom is -0.461 e. The lowest BCUT2D eigenvalue weighted by molar-refractivity contribution is 0.0482. The Balaban J connectivity index is 2.09. The van der Waals surface area contributed by atoms with Crippen molar-refractivity contribution in [1.82, 2.24) is 4.98 Å². The molecule has 1 heterocycles. The van der Waals surface area contributed by atoms with Crippen LogP contribution in [0, 0.1) is 0 Å². The lowest BCUT2D eigenvalue weighted by atomic mass is 10.1. The average Bonchev–Trinajstić information content (AvgIpc) is 2.88. The summed E-state index contributed by atoms with van der Waals surface area (Å²) in [6.45, 7) is 5.25. The van der Waals surface area contributed by atoms with Crippen molar-refractivity contribution in [3.05, 3.63) is 29.6 Å². The normalized spacial score (nSPS) is 10.9. The number of pyridine rings is 1. The molecule has 0 aliphatic heterocycles. The minimum atomic E-state index is -0.480. The van der Waals surface area contributed by atoms with Gasteiger partial charge in [0.15, 0.2) is 0 Å². The summed E-state index contributed by atoms with van der Waals surface area (Å²) in [7, 11) is 0. The van der Waals surface area contributed by atoms with Crippen molar-refractivity contribution in [1.29, 1.82) is 0 Å². The summed E-state index contributed by atoms with van der Waals surface area (Å²) in [4.78, 5) is 28.7. The van der Waals surface area contributed by atoms with Crippen LogP contribution >= 0.6 is 0 Å². The summed E-state index contributed by atoms with van der Waals surface area (Å²) in [6, 6.07) is 4.81. The monoisotopic (exact) mass is 489 g/mol. The second kappa shape index (κ2) is 22.5. The van der Waals surface area contributed by atoms with Gasteiger partial charge in [0.25, 0.3) is 0 Å². The van der Waals surface area contributed by atoms with E-state index in [4.69, 9.17) is 9.47 Å². The number of hydrogen-bond donors (Lipinski definition) is 0. The predicted octanol–water partition coefficient (Wildman–Crippen LogP) is 8.85. The van der Waals surface area contributed by atoms with Gasteiger partial charge in [-0.2, -0.15) is 0 Å². The van der Waals surface area contributed by atoms with E-state index in [9.17, 15) is 9.59 Å². The molecule has 5 heteroatoms. The molecular weight excluding hydrogens is 438 g/mol. The fraction of sp³-hybridized carbons (Fsp3) is 0.767. The van der Waals surface area contributed by atoms with E-state index < -0.39 is 11.9 Å². The maximum atomic E-state index is 12.3. The summed E-state index contributed by atoms with van der Waals surface area (Å²) in [6.07, 6.45) is 23.4. The van der Waals surface area contributed by atoms with Gasteiger partial charge in [0, 0.05) is 0 Å². The molecule has 200 valence electrons. The number of unbranched alkanes of at least 4 members (excludes halogenated alkanes) is 17. The Hall–Kier alpha value is -1.91. The van der Waals surface area contributed by atoms with Crippen LogP contribution in [-0.4, -0.2) is 30.1 Å². The average molecular weight is 490 g/mol. The highest BCUT2D eigenvalue weighted by atomic mass is 16.5. The quantitative estimate of drug-likeness (QED) is 0.113. The number of aromatic nitrogens is 1. The van der Waals surface area contributed by atoms with Crippen LogP contribution in [0.5, 0.6) is 0 Å². The third-order valence-corrected chi connectivity index (χ3v) is 6.38. The molecule has 0 aromatic carbocycles. The highest BCUT2D eigenvalue weighted by molar-refractivity contribution is 5.91. The van der Waals surface area contributed by atoms with Crippen LogP contribution < -0.4 is 0 Å². The van der Waals surface area contributed by atoms with E-state index >= 15 is 0 Å². The molecule has 0 spiro atoms. The molecule has 1 aromatic heterocycles. The lowest BCUT2D eigenvalue weighted by Crippen LogP contribution is -2.13. The Morgan fingerprint density at radius 1 is 0.543 bits per heavy atom. The summed E-state index contributed by atoms with van der Waals surface area (Å²) in [5.41, 5.74) is 0.321. The third kappa shape index (κ3) is 17.2. The highest BCUT2D eigenvalue weighted by Gasteiger charge is 2.14. The van der Waals surface area contributed by atoms with Gasteiger partial charge in [0.2, 0.25) is 0 Å². The molecule has 0 saturated heterocycles. The standard InChI is InChI=1S/C30H51NO4/c1-3-5-7-9-11-12-13-14-15-17-19-21-26-35-30(33)28-24-22-23-27(31-28)29(32)34-25-20-18-16-10-8-6-4-2/h22-24H,3-21,25-26H2,1-2H3. The topological polar surface area (TPSA) is 65.5 Å². The molecule has 0 bridgehead atoms. The number of carbonyl (C=O) groups excluding carboxylic acids is 2. The molecule has 1 aromatic rings. The first kappa shape index (κ1) is 31.1. The molecule has 0 fully saturated rings. The first-order chi connectivity index (χ1) is 17.2. The van der Waals surface area contributed by atoms with Gasteiger partial charge in [0.05, 0.1) is 13.2 Å². The number of hydrogen-bond acceptors (Lipinski definition) is 5. The molecule has 0 unspecified atom stereocenters. The number of esters is 2. The molecule has 5 nitrogen and oxygen atoms in total. The molecular formula is C30H51NO4. The summed E-state index contributed by atoms with van der Waals surface area (Å²) in [5, 5.41) is 0. The third-order valence-electron chi connectivity index (χ3n) is 6.38. The van der Waals surface area contributed by atoms with Gasteiger partial charge >= 0.3 is 11.9 Å². The molecule has 0 radical (unpaired) electrons. The van der Waals surface area contributed by atoms with E-state index in [-0.39, 0.29) is 11.4 Å². The van der Waals surface area contributed by atoms with Gasteiger partial charge in [-0.1, -0.05) is 129 Å². The maximum absolute atomic E-state index is 12.3. The molecule has 0 saturated carbocycles. The Morgan fingerprint density at radius 2 is 0.857 bits per heavy atom. The smallest absolute Gasteiger partial charge is 0.356 e. The maximum Gasteiger partial charge on any atom is 0.356 e. The van der Waals surface area contributed by atoms with Crippen LogP contribution in [0.15, 0.2) is 18.2 Å².